The molecule has 0 saturated carbocycles. The second kappa shape index (κ2) is 4.60. The van der Waals surface area contributed by atoms with Gasteiger partial charge in [-0.05, 0) is 25.0 Å². The first kappa shape index (κ1) is 12.3. The van der Waals surface area contributed by atoms with Crippen molar-refractivity contribution >= 4 is 23.5 Å². The number of benzene rings is 1. The fourth-order valence-electron chi connectivity index (χ4n) is 2.14. The van der Waals surface area contributed by atoms with Crippen LogP contribution in [0.3, 0.4) is 0 Å². The van der Waals surface area contributed by atoms with Crippen LogP contribution in [-0.2, 0) is 9.59 Å². The Kier molecular flexibility index (Phi) is 3.14. The number of piperidine rings is 1. The molecule has 0 radical (unpaired) electrons. The number of carbonyl (C=O) groups excluding carboxylic acids is 2. The Morgan fingerprint density at radius 2 is 1.83 bits per heavy atom. The Hall–Kier alpha value is -2.17. The Labute approximate surface area is 104 Å². The first-order valence-corrected chi connectivity index (χ1v) is 5.71. The van der Waals surface area contributed by atoms with E-state index in [4.69, 9.17) is 0 Å². The van der Waals surface area contributed by atoms with Gasteiger partial charge >= 0.3 is 5.97 Å². The van der Waals surface area contributed by atoms with E-state index in [1.54, 1.807) is 19.1 Å². The van der Waals surface area contributed by atoms with Crippen molar-refractivity contribution in [3.8, 4) is 0 Å². The number of nitrogens with zero attached hydrogens (tertiary/aromatic N) is 1. The Morgan fingerprint density at radius 3 is 2.39 bits per heavy atom. The molecule has 18 heavy (non-hydrogen) atoms. The first-order valence-electron chi connectivity index (χ1n) is 5.71. The molecule has 1 N–H and O–H groups in total. The number of hydrogen-bond acceptors (Lipinski definition) is 3. The lowest BCUT2D eigenvalue weighted by atomic mass is 10.0. The van der Waals surface area contributed by atoms with Gasteiger partial charge in [0.1, 0.15) is 0 Å². The lowest BCUT2D eigenvalue weighted by molar-refractivity contribution is -0.129. The molecule has 1 heterocycles. The molecule has 0 aliphatic carbocycles. The fraction of sp³-hybridized carbons (Fsp3) is 0.308. The molecule has 1 aromatic rings. The number of carbonyl (C=O) groups is 3. The van der Waals surface area contributed by atoms with Gasteiger partial charge in [0.15, 0.2) is 0 Å². The number of aromatic carboxylic acids is 1. The monoisotopic (exact) mass is 247 g/mol. The smallest absolute Gasteiger partial charge is 0.338 e. The molecule has 1 aliphatic rings. The summed E-state index contributed by atoms with van der Waals surface area (Å²) in [4.78, 5) is 35.9. The normalized spacial score (nSPS) is 15.9. The van der Waals surface area contributed by atoms with Crippen molar-refractivity contribution in [3.05, 3.63) is 29.3 Å². The van der Waals surface area contributed by atoms with E-state index in [1.165, 1.54) is 6.07 Å². The Balaban J connectivity index is 2.56. The van der Waals surface area contributed by atoms with Gasteiger partial charge in [0, 0.05) is 12.8 Å². The van der Waals surface area contributed by atoms with Crippen molar-refractivity contribution < 1.29 is 19.5 Å². The highest BCUT2D eigenvalue weighted by Crippen LogP contribution is 2.27. The zero-order valence-corrected chi connectivity index (χ0v) is 9.97. The van der Waals surface area contributed by atoms with Gasteiger partial charge in [0.05, 0.1) is 11.3 Å². The minimum atomic E-state index is -1.13. The quantitative estimate of drug-likeness (QED) is 0.808. The minimum absolute atomic E-state index is 0.0149. The maximum Gasteiger partial charge on any atom is 0.338 e. The second-order valence-corrected chi connectivity index (χ2v) is 4.25. The fourth-order valence-corrected chi connectivity index (χ4v) is 2.14. The highest BCUT2D eigenvalue weighted by molar-refractivity contribution is 6.19. The molecule has 1 aliphatic heterocycles. The van der Waals surface area contributed by atoms with Crippen LogP contribution >= 0.6 is 0 Å². The van der Waals surface area contributed by atoms with E-state index in [2.05, 4.69) is 0 Å². The summed E-state index contributed by atoms with van der Waals surface area (Å²) in [5.41, 5.74) is 0.726. The maximum absolute atomic E-state index is 11.8. The third-order valence-electron chi connectivity index (χ3n) is 2.99. The number of anilines is 1. The predicted molar refractivity (Wildman–Crippen MR) is 64.5 cm³/mol. The number of rotatable bonds is 2. The van der Waals surface area contributed by atoms with Crippen LogP contribution in [0.1, 0.15) is 35.2 Å². The topological polar surface area (TPSA) is 74.7 Å². The van der Waals surface area contributed by atoms with Crippen molar-refractivity contribution in [2.75, 3.05) is 4.90 Å². The molecule has 2 amide bonds. The Bertz CT molecular complexity index is 520. The third-order valence-corrected chi connectivity index (χ3v) is 2.99. The van der Waals surface area contributed by atoms with Crippen molar-refractivity contribution in [1.82, 2.24) is 0 Å². The summed E-state index contributed by atoms with van der Waals surface area (Å²) in [7, 11) is 0. The molecule has 0 unspecified atom stereocenters. The molecule has 0 bridgehead atoms. The van der Waals surface area contributed by atoms with Crippen LogP contribution in [0.5, 0.6) is 0 Å². The summed E-state index contributed by atoms with van der Waals surface area (Å²) >= 11 is 0. The maximum atomic E-state index is 11.8. The molecule has 5 heteroatoms. The highest BCUT2D eigenvalue weighted by Gasteiger charge is 2.30. The van der Waals surface area contributed by atoms with Gasteiger partial charge in [0.25, 0.3) is 0 Å². The van der Waals surface area contributed by atoms with Crippen LogP contribution in [0.2, 0.25) is 0 Å². The minimum Gasteiger partial charge on any atom is -0.478 e. The van der Waals surface area contributed by atoms with Gasteiger partial charge in [-0.1, -0.05) is 12.1 Å². The predicted octanol–water partition coefficient (Wildman–Crippen LogP) is 1.74. The molecule has 5 nitrogen and oxygen atoms in total. The van der Waals surface area contributed by atoms with E-state index in [1.807, 2.05) is 0 Å². The van der Waals surface area contributed by atoms with Gasteiger partial charge < -0.3 is 5.11 Å². The molecule has 0 aromatic heterocycles. The van der Waals surface area contributed by atoms with E-state index in [-0.39, 0.29) is 35.9 Å². The number of aryl methyl sites for hydroxylation is 1. The molecule has 94 valence electrons. The van der Waals surface area contributed by atoms with Gasteiger partial charge in [-0.15, -0.1) is 0 Å². The van der Waals surface area contributed by atoms with Crippen molar-refractivity contribution in [1.29, 1.82) is 0 Å². The molecular weight excluding hydrogens is 234 g/mol. The first-order chi connectivity index (χ1) is 8.52. The molecule has 0 atom stereocenters. The van der Waals surface area contributed by atoms with E-state index < -0.39 is 5.97 Å². The van der Waals surface area contributed by atoms with E-state index in [0.717, 1.165) is 4.90 Å². The van der Waals surface area contributed by atoms with Crippen LogP contribution in [0.25, 0.3) is 0 Å². The van der Waals surface area contributed by atoms with E-state index in [0.29, 0.717) is 12.0 Å². The second-order valence-electron chi connectivity index (χ2n) is 4.25. The number of amides is 2. The summed E-state index contributed by atoms with van der Waals surface area (Å²) in [6, 6.07) is 4.79. The zero-order valence-electron chi connectivity index (χ0n) is 9.97. The lowest BCUT2D eigenvalue weighted by Gasteiger charge is -2.26. The Morgan fingerprint density at radius 1 is 1.22 bits per heavy atom. The standard InChI is InChI=1S/C13H13NO4/c1-8-4-2-5-9(12(8)13(17)18)14-10(15)6-3-7-11(14)16/h2,4-5H,3,6-7H2,1H3,(H,17,18). The highest BCUT2D eigenvalue weighted by atomic mass is 16.4. The van der Waals surface area contributed by atoms with Crippen LogP contribution in [0, 0.1) is 6.92 Å². The third kappa shape index (κ3) is 1.99. The van der Waals surface area contributed by atoms with Gasteiger partial charge in [0.2, 0.25) is 11.8 Å². The number of carboxylic acid groups (broad SMARTS) is 1. The van der Waals surface area contributed by atoms with Crippen LogP contribution in [0.4, 0.5) is 5.69 Å². The molecule has 2 rings (SSSR count). The number of hydrogen-bond donors (Lipinski definition) is 1. The number of carboxylic acids is 1. The molecule has 0 spiro atoms. The number of imide groups is 1. The summed E-state index contributed by atoms with van der Waals surface area (Å²) in [5, 5.41) is 9.20. The van der Waals surface area contributed by atoms with Crippen molar-refractivity contribution in [3.63, 3.8) is 0 Å². The summed E-state index contributed by atoms with van der Waals surface area (Å²) in [6.45, 7) is 1.64. The van der Waals surface area contributed by atoms with Gasteiger partial charge in [-0.3, -0.25) is 9.59 Å². The van der Waals surface area contributed by atoms with Crippen LogP contribution < -0.4 is 4.90 Å². The molecule has 1 saturated heterocycles. The molecule has 1 aromatic carbocycles. The SMILES string of the molecule is Cc1cccc(N2C(=O)CCCC2=O)c1C(=O)O. The van der Waals surface area contributed by atoms with Crippen LogP contribution in [0.15, 0.2) is 18.2 Å². The van der Waals surface area contributed by atoms with Crippen molar-refractivity contribution in [2.24, 2.45) is 0 Å². The lowest BCUT2D eigenvalue weighted by Crippen LogP contribution is -2.41. The van der Waals surface area contributed by atoms with Crippen LogP contribution in [-0.4, -0.2) is 22.9 Å². The summed E-state index contributed by atoms with van der Waals surface area (Å²) < 4.78 is 0. The summed E-state index contributed by atoms with van der Waals surface area (Å²) in [6.07, 6.45) is 1.08. The van der Waals surface area contributed by atoms with E-state index >= 15 is 0 Å². The average molecular weight is 247 g/mol. The zero-order chi connectivity index (χ0) is 13.3. The largest absolute Gasteiger partial charge is 0.478 e. The van der Waals surface area contributed by atoms with E-state index in [9.17, 15) is 19.5 Å². The van der Waals surface area contributed by atoms with Crippen molar-refractivity contribution in [2.45, 2.75) is 26.2 Å². The molecule has 1 fully saturated rings. The molecular formula is C13H13NO4. The average Bonchev–Trinajstić information content (AvgIpc) is 2.28. The van der Waals surface area contributed by atoms with Gasteiger partial charge in [-0.25, -0.2) is 9.69 Å². The summed E-state index contributed by atoms with van der Waals surface area (Å²) in [5.74, 6) is -1.80. The van der Waals surface area contributed by atoms with Gasteiger partial charge in [-0.2, -0.15) is 0 Å².